The number of benzene rings is 1. The minimum atomic E-state index is -0.634. The topological polar surface area (TPSA) is 38.7 Å². The van der Waals surface area contributed by atoms with Gasteiger partial charge in [0.05, 0.1) is 12.7 Å². The van der Waals surface area contributed by atoms with Gasteiger partial charge in [-0.2, -0.15) is 0 Å². The summed E-state index contributed by atoms with van der Waals surface area (Å²) in [6.07, 6.45) is 1.21. The minimum absolute atomic E-state index is 0.0208. The molecule has 2 rings (SSSR count). The maximum atomic E-state index is 8.87. The predicted molar refractivity (Wildman–Crippen MR) is 66.1 cm³/mol. The molecule has 0 saturated carbocycles. The summed E-state index contributed by atoms with van der Waals surface area (Å²) in [5.74, 6) is -0.634. The van der Waals surface area contributed by atoms with Gasteiger partial charge in [-0.05, 0) is 25.0 Å². The zero-order chi connectivity index (χ0) is 12.3. The van der Waals surface area contributed by atoms with E-state index in [0.717, 1.165) is 10.6 Å². The fourth-order valence-corrected chi connectivity index (χ4v) is 2.26. The second-order valence-electron chi connectivity index (χ2n) is 4.47. The van der Waals surface area contributed by atoms with Gasteiger partial charge in [0.15, 0.2) is 5.79 Å². The van der Waals surface area contributed by atoms with E-state index < -0.39 is 5.79 Å². The molecular weight excluding hydrogens is 240 g/mol. The summed E-state index contributed by atoms with van der Waals surface area (Å²) in [7, 11) is 0. The summed E-state index contributed by atoms with van der Waals surface area (Å²) in [5.41, 5.74) is 1.02. The molecule has 1 N–H and O–H groups in total. The highest BCUT2D eigenvalue weighted by molar-refractivity contribution is 6.31. The van der Waals surface area contributed by atoms with Gasteiger partial charge in [0.25, 0.3) is 0 Å². The highest BCUT2D eigenvalue weighted by atomic mass is 35.5. The van der Waals surface area contributed by atoms with E-state index in [1.807, 2.05) is 31.2 Å². The molecular formula is C13H17ClO3. The van der Waals surface area contributed by atoms with Crippen LogP contribution < -0.4 is 0 Å². The van der Waals surface area contributed by atoms with Crippen LogP contribution in [0.5, 0.6) is 0 Å². The number of halogens is 1. The van der Waals surface area contributed by atoms with E-state index in [4.69, 9.17) is 26.2 Å². The number of ether oxygens (including phenoxy) is 2. The molecule has 1 saturated heterocycles. The molecule has 0 radical (unpaired) electrons. The number of aliphatic hydroxyl groups excluding tert-OH is 1. The third-order valence-corrected chi connectivity index (χ3v) is 3.28. The van der Waals surface area contributed by atoms with Crippen molar-refractivity contribution in [2.24, 2.45) is 0 Å². The van der Waals surface area contributed by atoms with Crippen LogP contribution in [0.3, 0.4) is 0 Å². The standard InChI is InChI=1S/C13H17ClO3/c1-13(16-9-11(17-13)6-7-15)8-10-4-2-3-5-12(10)14/h2-5,11,15H,6-9H2,1H3. The quantitative estimate of drug-likeness (QED) is 0.899. The second kappa shape index (κ2) is 5.36. The predicted octanol–water partition coefficient (Wildman–Crippen LogP) is 2.40. The van der Waals surface area contributed by atoms with Crippen molar-refractivity contribution < 1.29 is 14.6 Å². The molecule has 0 amide bonds. The molecule has 2 unspecified atom stereocenters. The van der Waals surface area contributed by atoms with Crippen LogP contribution in [-0.2, 0) is 15.9 Å². The molecule has 2 atom stereocenters. The Hall–Kier alpha value is -0.610. The first-order valence-corrected chi connectivity index (χ1v) is 6.17. The van der Waals surface area contributed by atoms with Gasteiger partial charge in [-0.1, -0.05) is 29.8 Å². The summed E-state index contributed by atoms with van der Waals surface area (Å²) >= 11 is 6.11. The first kappa shape index (κ1) is 12.8. The molecule has 17 heavy (non-hydrogen) atoms. The van der Waals surface area contributed by atoms with E-state index in [1.54, 1.807) is 0 Å². The van der Waals surface area contributed by atoms with Gasteiger partial charge in [-0.15, -0.1) is 0 Å². The van der Waals surface area contributed by atoms with Gasteiger partial charge in [0, 0.05) is 18.1 Å². The Kier molecular flexibility index (Phi) is 4.05. The molecule has 1 aliphatic heterocycles. The van der Waals surface area contributed by atoms with Crippen molar-refractivity contribution in [3.8, 4) is 0 Å². The van der Waals surface area contributed by atoms with E-state index >= 15 is 0 Å². The van der Waals surface area contributed by atoms with Crippen LogP contribution in [0.15, 0.2) is 24.3 Å². The van der Waals surface area contributed by atoms with Crippen LogP contribution in [0.2, 0.25) is 5.02 Å². The summed E-state index contributed by atoms with van der Waals surface area (Å²) in [6, 6.07) is 7.68. The molecule has 0 bridgehead atoms. The number of hydrogen-bond donors (Lipinski definition) is 1. The lowest BCUT2D eigenvalue weighted by Gasteiger charge is -2.23. The Labute approximate surface area is 106 Å². The Morgan fingerprint density at radius 1 is 1.47 bits per heavy atom. The van der Waals surface area contributed by atoms with Crippen LogP contribution in [0.4, 0.5) is 0 Å². The molecule has 1 aliphatic rings. The third kappa shape index (κ3) is 3.19. The summed E-state index contributed by atoms with van der Waals surface area (Å²) in [6.45, 7) is 2.56. The first-order valence-electron chi connectivity index (χ1n) is 5.79. The molecule has 1 aromatic carbocycles. The fraction of sp³-hybridized carbons (Fsp3) is 0.538. The lowest BCUT2D eigenvalue weighted by molar-refractivity contribution is -0.153. The summed E-state index contributed by atoms with van der Waals surface area (Å²) < 4.78 is 11.5. The van der Waals surface area contributed by atoms with Crippen molar-refractivity contribution >= 4 is 11.6 Å². The zero-order valence-electron chi connectivity index (χ0n) is 9.86. The van der Waals surface area contributed by atoms with E-state index in [1.165, 1.54) is 0 Å². The van der Waals surface area contributed by atoms with Crippen LogP contribution in [0.25, 0.3) is 0 Å². The van der Waals surface area contributed by atoms with Crippen LogP contribution in [-0.4, -0.2) is 30.2 Å². The maximum absolute atomic E-state index is 8.87. The smallest absolute Gasteiger partial charge is 0.170 e. The van der Waals surface area contributed by atoms with Gasteiger partial charge < -0.3 is 14.6 Å². The van der Waals surface area contributed by atoms with Crippen LogP contribution in [0.1, 0.15) is 18.9 Å². The molecule has 3 nitrogen and oxygen atoms in total. The Balaban J connectivity index is 2.02. The van der Waals surface area contributed by atoms with Gasteiger partial charge in [-0.3, -0.25) is 0 Å². The summed E-state index contributed by atoms with van der Waals surface area (Å²) in [4.78, 5) is 0. The fourth-order valence-electron chi connectivity index (χ4n) is 2.06. The number of aliphatic hydroxyl groups is 1. The Morgan fingerprint density at radius 2 is 2.24 bits per heavy atom. The monoisotopic (exact) mass is 256 g/mol. The van der Waals surface area contributed by atoms with E-state index in [9.17, 15) is 0 Å². The SMILES string of the molecule is CC1(Cc2ccccc2Cl)OCC(CCO)O1. The van der Waals surface area contributed by atoms with Gasteiger partial charge in [0.2, 0.25) is 0 Å². The Morgan fingerprint density at radius 3 is 2.94 bits per heavy atom. The maximum Gasteiger partial charge on any atom is 0.170 e. The van der Waals surface area contributed by atoms with Crippen molar-refractivity contribution in [3.63, 3.8) is 0 Å². The van der Waals surface area contributed by atoms with Gasteiger partial charge in [-0.25, -0.2) is 0 Å². The number of hydrogen-bond acceptors (Lipinski definition) is 3. The van der Waals surface area contributed by atoms with E-state index in [-0.39, 0.29) is 12.7 Å². The molecule has 94 valence electrons. The van der Waals surface area contributed by atoms with Crippen LogP contribution in [0, 0.1) is 0 Å². The normalized spacial score (nSPS) is 28.5. The molecule has 0 aromatic heterocycles. The molecule has 1 aromatic rings. The number of rotatable bonds is 4. The lowest BCUT2D eigenvalue weighted by atomic mass is 10.1. The van der Waals surface area contributed by atoms with Crippen molar-refractivity contribution in [1.29, 1.82) is 0 Å². The zero-order valence-corrected chi connectivity index (χ0v) is 10.6. The molecule has 1 heterocycles. The van der Waals surface area contributed by atoms with Crippen LogP contribution >= 0.6 is 11.6 Å². The third-order valence-electron chi connectivity index (χ3n) is 2.91. The van der Waals surface area contributed by atoms with Crippen molar-refractivity contribution in [1.82, 2.24) is 0 Å². The first-order chi connectivity index (χ1) is 8.13. The Bertz CT molecular complexity index is 383. The van der Waals surface area contributed by atoms with Crippen molar-refractivity contribution in [2.45, 2.75) is 31.7 Å². The average Bonchev–Trinajstić information content (AvgIpc) is 2.64. The van der Waals surface area contributed by atoms with Crippen molar-refractivity contribution in [3.05, 3.63) is 34.9 Å². The van der Waals surface area contributed by atoms with Crippen molar-refractivity contribution in [2.75, 3.05) is 13.2 Å². The minimum Gasteiger partial charge on any atom is -0.396 e. The highest BCUT2D eigenvalue weighted by Crippen LogP contribution is 2.30. The molecule has 4 heteroatoms. The molecule has 1 fully saturated rings. The second-order valence-corrected chi connectivity index (χ2v) is 4.87. The summed E-state index contributed by atoms with van der Waals surface area (Å²) in [5, 5.41) is 9.60. The largest absolute Gasteiger partial charge is 0.396 e. The van der Waals surface area contributed by atoms with Gasteiger partial charge in [0.1, 0.15) is 0 Å². The molecule has 0 spiro atoms. The average molecular weight is 257 g/mol. The van der Waals surface area contributed by atoms with E-state index in [2.05, 4.69) is 0 Å². The molecule has 0 aliphatic carbocycles. The highest BCUT2D eigenvalue weighted by Gasteiger charge is 2.37. The van der Waals surface area contributed by atoms with E-state index in [0.29, 0.717) is 19.4 Å². The lowest BCUT2D eigenvalue weighted by Crippen LogP contribution is -2.29. The van der Waals surface area contributed by atoms with Gasteiger partial charge >= 0.3 is 0 Å².